The van der Waals surface area contributed by atoms with E-state index >= 15 is 0 Å². The fourth-order valence-electron chi connectivity index (χ4n) is 1.15. The van der Waals surface area contributed by atoms with Crippen LogP contribution in [0.15, 0.2) is 0 Å². The van der Waals surface area contributed by atoms with Gasteiger partial charge in [-0.2, -0.15) is 0 Å². The lowest BCUT2D eigenvalue weighted by atomic mass is 9.85. The van der Waals surface area contributed by atoms with Crippen molar-refractivity contribution in [1.82, 2.24) is 5.32 Å². The average Bonchev–Trinajstić information content (AvgIpc) is 1.84. The van der Waals surface area contributed by atoms with Crippen molar-refractivity contribution in [1.29, 1.82) is 0 Å². The second-order valence-electron chi connectivity index (χ2n) is 3.34. The van der Waals surface area contributed by atoms with Crippen molar-refractivity contribution >= 4 is 0 Å². The Kier molecular flexibility index (Phi) is 3.16. The van der Waals surface area contributed by atoms with E-state index in [9.17, 15) is 0 Å². The lowest BCUT2D eigenvalue weighted by molar-refractivity contribution is 0.292. The molecule has 0 saturated heterocycles. The van der Waals surface area contributed by atoms with Crippen molar-refractivity contribution in [2.45, 2.75) is 32.2 Å². The minimum Gasteiger partial charge on any atom is -0.329 e. The maximum absolute atomic E-state index is 5.46. The van der Waals surface area contributed by atoms with E-state index in [1.54, 1.807) is 0 Å². The van der Waals surface area contributed by atoms with Crippen LogP contribution in [0.3, 0.4) is 0 Å². The average molecular weight is 142 g/mol. The van der Waals surface area contributed by atoms with Gasteiger partial charge in [-0.1, -0.05) is 6.42 Å². The van der Waals surface area contributed by atoms with Crippen molar-refractivity contribution in [3.63, 3.8) is 0 Å². The molecule has 2 heteroatoms. The van der Waals surface area contributed by atoms with Crippen LogP contribution in [-0.4, -0.2) is 19.1 Å². The number of nitrogens with one attached hydrogen (secondary N) is 1. The maximum atomic E-state index is 5.46. The molecule has 1 rings (SSSR count). The Bertz CT molecular complexity index is 84.5. The summed E-state index contributed by atoms with van der Waals surface area (Å²) in [4.78, 5) is 0. The molecule has 0 aromatic rings. The highest BCUT2D eigenvalue weighted by Gasteiger charge is 2.16. The minimum absolute atomic E-state index is 0.501. The lowest BCUT2D eigenvalue weighted by Gasteiger charge is -2.26. The van der Waals surface area contributed by atoms with Crippen molar-refractivity contribution in [2.24, 2.45) is 11.7 Å². The largest absolute Gasteiger partial charge is 0.329 e. The SMILES string of the molecule is C[C@H](CN)NCC1CCC1. The zero-order valence-corrected chi connectivity index (χ0v) is 6.77. The highest BCUT2D eigenvalue weighted by atomic mass is 14.9. The highest BCUT2D eigenvalue weighted by Crippen LogP contribution is 2.25. The van der Waals surface area contributed by atoms with Gasteiger partial charge in [-0.15, -0.1) is 0 Å². The van der Waals surface area contributed by atoms with Crippen LogP contribution < -0.4 is 11.1 Å². The Labute approximate surface area is 63.2 Å². The van der Waals surface area contributed by atoms with Gasteiger partial charge in [0.25, 0.3) is 0 Å². The normalized spacial score (nSPS) is 22.2. The Hall–Kier alpha value is -0.0800. The van der Waals surface area contributed by atoms with Gasteiger partial charge in [0.2, 0.25) is 0 Å². The van der Waals surface area contributed by atoms with E-state index in [2.05, 4.69) is 12.2 Å². The monoisotopic (exact) mass is 142 g/mol. The Morgan fingerprint density at radius 1 is 1.60 bits per heavy atom. The van der Waals surface area contributed by atoms with Gasteiger partial charge >= 0.3 is 0 Å². The molecular weight excluding hydrogens is 124 g/mol. The molecule has 0 aromatic carbocycles. The van der Waals surface area contributed by atoms with E-state index in [0.29, 0.717) is 6.04 Å². The molecule has 0 heterocycles. The first kappa shape index (κ1) is 8.02. The summed E-state index contributed by atoms with van der Waals surface area (Å²) in [5.41, 5.74) is 5.46. The molecule has 3 N–H and O–H groups in total. The van der Waals surface area contributed by atoms with Gasteiger partial charge < -0.3 is 11.1 Å². The molecule has 0 aromatic heterocycles. The van der Waals surface area contributed by atoms with Crippen molar-refractivity contribution < 1.29 is 0 Å². The Morgan fingerprint density at radius 3 is 2.70 bits per heavy atom. The molecule has 0 aliphatic heterocycles. The van der Waals surface area contributed by atoms with E-state index in [1.165, 1.54) is 25.8 Å². The predicted molar refractivity (Wildman–Crippen MR) is 43.9 cm³/mol. The summed E-state index contributed by atoms with van der Waals surface area (Å²) in [5, 5.41) is 3.41. The molecular formula is C8H18N2. The molecule has 10 heavy (non-hydrogen) atoms. The van der Waals surface area contributed by atoms with E-state index in [0.717, 1.165) is 12.5 Å². The first-order valence-corrected chi connectivity index (χ1v) is 4.26. The fraction of sp³-hybridized carbons (Fsp3) is 1.00. The zero-order chi connectivity index (χ0) is 7.40. The smallest absolute Gasteiger partial charge is 0.0162 e. The Balaban J connectivity index is 1.93. The van der Waals surface area contributed by atoms with Crippen LogP contribution in [0.4, 0.5) is 0 Å². The summed E-state index contributed by atoms with van der Waals surface area (Å²) in [6.07, 6.45) is 4.28. The molecule has 1 atom stereocenters. The molecule has 1 aliphatic carbocycles. The van der Waals surface area contributed by atoms with Crippen LogP contribution in [0.2, 0.25) is 0 Å². The number of rotatable bonds is 4. The summed E-state index contributed by atoms with van der Waals surface area (Å²) < 4.78 is 0. The first-order valence-electron chi connectivity index (χ1n) is 4.26. The van der Waals surface area contributed by atoms with Crippen LogP contribution in [0.25, 0.3) is 0 Å². The van der Waals surface area contributed by atoms with E-state index < -0.39 is 0 Å². The predicted octanol–water partition coefficient (Wildman–Crippen LogP) is 0.723. The fourth-order valence-corrected chi connectivity index (χ4v) is 1.15. The summed E-state index contributed by atoms with van der Waals surface area (Å²) in [7, 11) is 0. The van der Waals surface area contributed by atoms with Crippen molar-refractivity contribution in [3.8, 4) is 0 Å². The third kappa shape index (κ3) is 2.27. The van der Waals surface area contributed by atoms with Crippen LogP contribution >= 0.6 is 0 Å². The molecule has 0 unspecified atom stereocenters. The van der Waals surface area contributed by atoms with Gasteiger partial charge in [0.15, 0.2) is 0 Å². The van der Waals surface area contributed by atoms with Gasteiger partial charge in [-0.25, -0.2) is 0 Å². The van der Waals surface area contributed by atoms with Gasteiger partial charge in [0.1, 0.15) is 0 Å². The summed E-state index contributed by atoms with van der Waals surface area (Å²) in [5.74, 6) is 0.953. The molecule has 2 nitrogen and oxygen atoms in total. The molecule has 0 radical (unpaired) electrons. The number of nitrogens with two attached hydrogens (primary N) is 1. The lowest BCUT2D eigenvalue weighted by Crippen LogP contribution is -2.38. The van der Waals surface area contributed by atoms with Gasteiger partial charge in [0.05, 0.1) is 0 Å². The molecule has 1 fully saturated rings. The second-order valence-corrected chi connectivity index (χ2v) is 3.34. The Morgan fingerprint density at radius 2 is 2.30 bits per heavy atom. The molecule has 1 saturated carbocycles. The van der Waals surface area contributed by atoms with E-state index in [1.807, 2.05) is 0 Å². The van der Waals surface area contributed by atoms with Crippen LogP contribution in [0.5, 0.6) is 0 Å². The third-order valence-electron chi connectivity index (χ3n) is 2.33. The summed E-state index contributed by atoms with van der Waals surface area (Å²) in [6, 6.07) is 0.501. The van der Waals surface area contributed by atoms with E-state index in [-0.39, 0.29) is 0 Å². The van der Waals surface area contributed by atoms with Crippen molar-refractivity contribution in [2.75, 3.05) is 13.1 Å². The second kappa shape index (κ2) is 3.94. The molecule has 0 spiro atoms. The zero-order valence-electron chi connectivity index (χ0n) is 6.77. The molecule has 0 bridgehead atoms. The van der Waals surface area contributed by atoms with Crippen molar-refractivity contribution in [3.05, 3.63) is 0 Å². The van der Waals surface area contributed by atoms with E-state index in [4.69, 9.17) is 5.73 Å². The van der Waals surface area contributed by atoms with Crippen LogP contribution in [0.1, 0.15) is 26.2 Å². The standard InChI is InChI=1S/C8H18N2/c1-7(5-9)10-6-8-3-2-4-8/h7-8,10H,2-6,9H2,1H3/t7-/m1/s1. The topological polar surface area (TPSA) is 38.0 Å². The van der Waals surface area contributed by atoms with Crippen LogP contribution in [-0.2, 0) is 0 Å². The number of hydrogen-bond donors (Lipinski definition) is 2. The van der Waals surface area contributed by atoms with Gasteiger partial charge in [0, 0.05) is 12.6 Å². The first-order chi connectivity index (χ1) is 4.83. The van der Waals surface area contributed by atoms with Gasteiger partial charge in [-0.3, -0.25) is 0 Å². The minimum atomic E-state index is 0.501. The third-order valence-corrected chi connectivity index (χ3v) is 2.33. The highest BCUT2D eigenvalue weighted by molar-refractivity contribution is 4.73. The quantitative estimate of drug-likeness (QED) is 0.607. The summed E-state index contributed by atoms with van der Waals surface area (Å²) >= 11 is 0. The number of hydrogen-bond acceptors (Lipinski definition) is 2. The maximum Gasteiger partial charge on any atom is 0.0162 e. The molecule has 0 amide bonds. The van der Waals surface area contributed by atoms with Gasteiger partial charge in [-0.05, 0) is 32.2 Å². The summed E-state index contributed by atoms with van der Waals surface area (Å²) in [6.45, 7) is 4.07. The molecule has 60 valence electrons. The van der Waals surface area contributed by atoms with Crippen LogP contribution in [0, 0.1) is 5.92 Å². The molecule has 1 aliphatic rings.